The van der Waals surface area contributed by atoms with Gasteiger partial charge in [-0.15, -0.1) is 0 Å². The minimum atomic E-state index is 0.599. The summed E-state index contributed by atoms with van der Waals surface area (Å²) >= 11 is 2.04. The van der Waals surface area contributed by atoms with E-state index in [9.17, 15) is 0 Å². The van der Waals surface area contributed by atoms with E-state index in [4.69, 9.17) is 4.74 Å². The van der Waals surface area contributed by atoms with E-state index >= 15 is 0 Å². The molecule has 1 aromatic carbocycles. The third-order valence-electron chi connectivity index (χ3n) is 2.80. The van der Waals surface area contributed by atoms with E-state index in [2.05, 4.69) is 24.4 Å². The molecule has 2 atom stereocenters. The molecule has 0 aromatic heterocycles. The zero-order valence-electron chi connectivity index (χ0n) is 9.19. The van der Waals surface area contributed by atoms with E-state index in [-0.39, 0.29) is 0 Å². The van der Waals surface area contributed by atoms with Gasteiger partial charge in [-0.1, -0.05) is 13.0 Å². The standard InChI is InChI=1S/C12H17NOS/c1-9-12(6-7-15-9)13-10-4-3-5-11(8-10)14-2/h3-5,8-9,12-13H,6-7H2,1-2H3. The first kappa shape index (κ1) is 10.7. The average Bonchev–Trinajstić information content (AvgIpc) is 2.65. The lowest BCUT2D eigenvalue weighted by Gasteiger charge is -2.18. The van der Waals surface area contributed by atoms with Gasteiger partial charge in [0.2, 0.25) is 0 Å². The van der Waals surface area contributed by atoms with Gasteiger partial charge in [0.1, 0.15) is 5.75 Å². The summed E-state index contributed by atoms with van der Waals surface area (Å²) in [6.45, 7) is 2.29. The Kier molecular flexibility index (Phi) is 3.41. The fourth-order valence-electron chi connectivity index (χ4n) is 1.85. The molecule has 0 radical (unpaired) electrons. The Labute approximate surface area is 95.4 Å². The van der Waals surface area contributed by atoms with Gasteiger partial charge in [0.05, 0.1) is 7.11 Å². The molecule has 82 valence electrons. The van der Waals surface area contributed by atoms with Crippen LogP contribution in [-0.2, 0) is 0 Å². The highest BCUT2D eigenvalue weighted by molar-refractivity contribution is 8.00. The van der Waals surface area contributed by atoms with Crippen LogP contribution in [-0.4, -0.2) is 24.2 Å². The van der Waals surface area contributed by atoms with Crippen molar-refractivity contribution in [2.24, 2.45) is 0 Å². The first-order valence-corrected chi connectivity index (χ1v) is 6.36. The molecule has 0 bridgehead atoms. The molecule has 1 saturated heterocycles. The van der Waals surface area contributed by atoms with Crippen molar-refractivity contribution in [1.82, 2.24) is 0 Å². The van der Waals surface area contributed by atoms with Crippen LogP contribution in [0.5, 0.6) is 5.75 Å². The summed E-state index contributed by atoms with van der Waals surface area (Å²) in [5, 5.41) is 4.27. The summed E-state index contributed by atoms with van der Waals surface area (Å²) in [6.07, 6.45) is 1.25. The van der Waals surface area contributed by atoms with Gasteiger partial charge in [0.25, 0.3) is 0 Å². The van der Waals surface area contributed by atoms with Crippen LogP contribution in [0.2, 0.25) is 0 Å². The summed E-state index contributed by atoms with van der Waals surface area (Å²) in [4.78, 5) is 0. The number of rotatable bonds is 3. The Balaban J connectivity index is 2.03. The van der Waals surface area contributed by atoms with E-state index < -0.39 is 0 Å². The Morgan fingerprint density at radius 2 is 2.33 bits per heavy atom. The number of ether oxygens (including phenoxy) is 1. The molecule has 1 heterocycles. The fourth-order valence-corrected chi connectivity index (χ4v) is 3.05. The van der Waals surface area contributed by atoms with E-state index in [1.165, 1.54) is 12.2 Å². The van der Waals surface area contributed by atoms with Crippen molar-refractivity contribution in [2.75, 3.05) is 18.2 Å². The molecule has 1 aliphatic rings. The quantitative estimate of drug-likeness (QED) is 0.851. The molecule has 1 N–H and O–H groups in total. The molecule has 2 nitrogen and oxygen atoms in total. The van der Waals surface area contributed by atoms with Crippen molar-refractivity contribution in [1.29, 1.82) is 0 Å². The normalized spacial score (nSPS) is 25.2. The monoisotopic (exact) mass is 223 g/mol. The van der Waals surface area contributed by atoms with Crippen LogP contribution < -0.4 is 10.1 Å². The van der Waals surface area contributed by atoms with E-state index in [1.807, 2.05) is 23.9 Å². The Morgan fingerprint density at radius 1 is 1.47 bits per heavy atom. The minimum absolute atomic E-state index is 0.599. The summed E-state index contributed by atoms with van der Waals surface area (Å²) in [5.74, 6) is 2.18. The molecule has 3 heteroatoms. The number of nitrogens with one attached hydrogen (secondary N) is 1. The first-order chi connectivity index (χ1) is 7.29. The van der Waals surface area contributed by atoms with Gasteiger partial charge in [-0.25, -0.2) is 0 Å². The highest BCUT2D eigenvalue weighted by atomic mass is 32.2. The van der Waals surface area contributed by atoms with Crippen LogP contribution in [0.4, 0.5) is 5.69 Å². The maximum Gasteiger partial charge on any atom is 0.120 e. The van der Waals surface area contributed by atoms with Crippen molar-refractivity contribution >= 4 is 17.4 Å². The number of thioether (sulfide) groups is 1. The second kappa shape index (κ2) is 4.79. The van der Waals surface area contributed by atoms with Gasteiger partial charge in [0.15, 0.2) is 0 Å². The number of benzene rings is 1. The average molecular weight is 223 g/mol. The maximum atomic E-state index is 5.20. The highest BCUT2D eigenvalue weighted by Gasteiger charge is 2.23. The minimum Gasteiger partial charge on any atom is -0.497 e. The van der Waals surface area contributed by atoms with Crippen LogP contribution in [0.15, 0.2) is 24.3 Å². The molecule has 2 rings (SSSR count). The second-order valence-corrected chi connectivity index (χ2v) is 5.33. The van der Waals surface area contributed by atoms with Crippen molar-refractivity contribution < 1.29 is 4.74 Å². The van der Waals surface area contributed by atoms with Crippen molar-refractivity contribution in [3.05, 3.63) is 24.3 Å². The predicted molar refractivity (Wildman–Crippen MR) is 66.9 cm³/mol. The van der Waals surface area contributed by atoms with Gasteiger partial charge in [-0.05, 0) is 24.3 Å². The Hall–Kier alpha value is -0.830. The van der Waals surface area contributed by atoms with Gasteiger partial charge in [0, 0.05) is 23.0 Å². The molecular weight excluding hydrogens is 206 g/mol. The van der Waals surface area contributed by atoms with Crippen LogP contribution in [0, 0.1) is 0 Å². The van der Waals surface area contributed by atoms with Crippen LogP contribution in [0.3, 0.4) is 0 Å². The summed E-state index contributed by atoms with van der Waals surface area (Å²) in [7, 11) is 1.70. The first-order valence-electron chi connectivity index (χ1n) is 5.32. The number of methoxy groups -OCH3 is 1. The molecule has 0 aliphatic carbocycles. The maximum absolute atomic E-state index is 5.20. The zero-order chi connectivity index (χ0) is 10.7. The van der Waals surface area contributed by atoms with Gasteiger partial charge in [-0.3, -0.25) is 0 Å². The molecular formula is C12H17NOS. The zero-order valence-corrected chi connectivity index (χ0v) is 10.0. The molecule has 0 saturated carbocycles. The predicted octanol–water partition coefficient (Wildman–Crippen LogP) is 3.00. The Morgan fingerprint density at radius 3 is 3.00 bits per heavy atom. The van der Waals surface area contributed by atoms with Gasteiger partial charge >= 0.3 is 0 Å². The lowest BCUT2D eigenvalue weighted by molar-refractivity contribution is 0.415. The largest absolute Gasteiger partial charge is 0.497 e. The summed E-state index contributed by atoms with van der Waals surface area (Å²) in [6, 6.07) is 8.74. The molecule has 0 amide bonds. The highest BCUT2D eigenvalue weighted by Crippen LogP contribution is 2.29. The molecule has 2 unspecified atom stereocenters. The van der Waals surface area contributed by atoms with Crippen molar-refractivity contribution in [3.63, 3.8) is 0 Å². The molecule has 15 heavy (non-hydrogen) atoms. The van der Waals surface area contributed by atoms with Crippen LogP contribution in [0.1, 0.15) is 13.3 Å². The summed E-state index contributed by atoms with van der Waals surface area (Å²) in [5.41, 5.74) is 1.16. The smallest absolute Gasteiger partial charge is 0.120 e. The number of hydrogen-bond acceptors (Lipinski definition) is 3. The topological polar surface area (TPSA) is 21.3 Å². The van der Waals surface area contributed by atoms with E-state index in [1.54, 1.807) is 7.11 Å². The fraction of sp³-hybridized carbons (Fsp3) is 0.500. The van der Waals surface area contributed by atoms with E-state index in [0.29, 0.717) is 11.3 Å². The Bertz CT molecular complexity index is 329. The van der Waals surface area contributed by atoms with E-state index in [0.717, 1.165) is 11.4 Å². The third kappa shape index (κ3) is 2.59. The lowest BCUT2D eigenvalue weighted by atomic mass is 10.1. The van der Waals surface area contributed by atoms with Gasteiger partial charge < -0.3 is 10.1 Å². The number of hydrogen-bond donors (Lipinski definition) is 1. The van der Waals surface area contributed by atoms with Crippen LogP contribution >= 0.6 is 11.8 Å². The molecule has 1 aromatic rings. The van der Waals surface area contributed by atoms with Gasteiger partial charge in [-0.2, -0.15) is 11.8 Å². The lowest BCUT2D eigenvalue weighted by Crippen LogP contribution is -2.24. The number of anilines is 1. The third-order valence-corrected chi connectivity index (χ3v) is 4.12. The summed E-state index contributed by atoms with van der Waals surface area (Å²) < 4.78 is 5.20. The molecule has 1 aliphatic heterocycles. The molecule has 1 fully saturated rings. The van der Waals surface area contributed by atoms with Crippen molar-refractivity contribution in [2.45, 2.75) is 24.6 Å². The second-order valence-electron chi connectivity index (χ2n) is 3.85. The van der Waals surface area contributed by atoms with Crippen molar-refractivity contribution in [3.8, 4) is 5.75 Å². The SMILES string of the molecule is COc1cccc(NC2CCSC2C)c1. The molecule has 0 spiro atoms. The van der Waals surface area contributed by atoms with Crippen LogP contribution in [0.25, 0.3) is 0 Å².